The Morgan fingerprint density at radius 2 is 1.90 bits per heavy atom. The van der Waals surface area contributed by atoms with Gasteiger partial charge >= 0.3 is 0 Å². The third-order valence-electron chi connectivity index (χ3n) is 7.75. The number of piperidine rings is 1. The van der Waals surface area contributed by atoms with Crippen molar-refractivity contribution in [1.82, 2.24) is 14.4 Å². The number of hydrogen-bond acceptors (Lipinski definition) is 4. The number of amides is 2. The SMILES string of the molecule is CC(=O)N1[C@H](C(=O)N2CCCCC2)[C@@H](CO)[C@@H]2Cn3c(ccc(C4=CCCC4)c3=O)[C@@H]21. The van der Waals surface area contributed by atoms with Crippen molar-refractivity contribution in [2.45, 2.75) is 64.1 Å². The molecule has 2 amide bonds. The standard InChI is InChI=1S/C24H31N3O4/c1-15(29)27-21-18(19(14-28)22(27)24(31)25-11-5-2-6-12-25)13-26-20(21)10-9-17(23(26)30)16-7-3-4-8-16/h7,9-10,18-19,21-22,28H,2-6,8,11-14H2,1H3/t18-,19-,21+,22-/m0/s1. The zero-order chi connectivity index (χ0) is 21.7. The fourth-order valence-electron chi connectivity index (χ4n) is 6.29. The second kappa shape index (κ2) is 7.93. The lowest BCUT2D eigenvalue weighted by Crippen LogP contribution is -2.52. The summed E-state index contributed by atoms with van der Waals surface area (Å²) in [6.07, 6.45) is 8.23. The van der Waals surface area contributed by atoms with Gasteiger partial charge in [-0.3, -0.25) is 14.4 Å². The van der Waals surface area contributed by atoms with Gasteiger partial charge in [-0.15, -0.1) is 0 Å². The van der Waals surface area contributed by atoms with Gasteiger partial charge in [0.05, 0.1) is 6.04 Å². The van der Waals surface area contributed by atoms with Gasteiger partial charge in [-0.1, -0.05) is 6.08 Å². The average Bonchev–Trinajstić information content (AvgIpc) is 3.49. The van der Waals surface area contributed by atoms with E-state index in [0.717, 1.165) is 55.4 Å². The van der Waals surface area contributed by atoms with Crippen LogP contribution >= 0.6 is 0 Å². The summed E-state index contributed by atoms with van der Waals surface area (Å²) in [6, 6.07) is 2.85. The molecule has 4 heterocycles. The second-order valence-electron chi connectivity index (χ2n) is 9.42. The Hall–Kier alpha value is -2.41. The fraction of sp³-hybridized carbons (Fsp3) is 0.625. The Morgan fingerprint density at radius 3 is 2.55 bits per heavy atom. The van der Waals surface area contributed by atoms with Crippen molar-refractivity contribution in [3.63, 3.8) is 0 Å². The van der Waals surface area contributed by atoms with E-state index in [9.17, 15) is 19.5 Å². The number of aromatic nitrogens is 1. The first-order valence-corrected chi connectivity index (χ1v) is 11.6. The third-order valence-corrected chi connectivity index (χ3v) is 7.75. The molecule has 0 bridgehead atoms. The molecule has 4 aliphatic rings. The summed E-state index contributed by atoms with van der Waals surface area (Å²) in [5.74, 6) is -0.723. The van der Waals surface area contributed by atoms with E-state index in [2.05, 4.69) is 6.08 Å². The van der Waals surface area contributed by atoms with Crippen LogP contribution in [0.5, 0.6) is 0 Å². The highest BCUT2D eigenvalue weighted by molar-refractivity contribution is 5.88. The van der Waals surface area contributed by atoms with Gasteiger partial charge in [-0.05, 0) is 56.2 Å². The number of carbonyl (C=O) groups is 2. The van der Waals surface area contributed by atoms with Gasteiger partial charge in [0.2, 0.25) is 11.8 Å². The molecule has 31 heavy (non-hydrogen) atoms. The predicted molar refractivity (Wildman–Crippen MR) is 116 cm³/mol. The second-order valence-corrected chi connectivity index (χ2v) is 9.42. The lowest BCUT2D eigenvalue weighted by Gasteiger charge is -2.35. The number of hydrogen-bond donors (Lipinski definition) is 1. The number of aliphatic hydroxyl groups excluding tert-OH is 1. The van der Waals surface area contributed by atoms with Crippen molar-refractivity contribution in [3.8, 4) is 0 Å². The molecule has 2 fully saturated rings. The molecule has 0 radical (unpaired) electrons. The number of carbonyl (C=O) groups excluding carboxylic acids is 2. The monoisotopic (exact) mass is 425 g/mol. The van der Waals surface area contributed by atoms with E-state index in [4.69, 9.17) is 0 Å². The fourth-order valence-corrected chi connectivity index (χ4v) is 6.29. The van der Waals surface area contributed by atoms with Crippen LogP contribution in [0, 0.1) is 11.8 Å². The molecule has 1 aromatic heterocycles. The zero-order valence-corrected chi connectivity index (χ0v) is 18.1. The van der Waals surface area contributed by atoms with Crippen LogP contribution in [0.4, 0.5) is 0 Å². The minimum Gasteiger partial charge on any atom is -0.396 e. The van der Waals surface area contributed by atoms with Gasteiger partial charge in [0.15, 0.2) is 0 Å². The highest BCUT2D eigenvalue weighted by Crippen LogP contribution is 2.49. The van der Waals surface area contributed by atoms with Crippen LogP contribution in [0.3, 0.4) is 0 Å². The summed E-state index contributed by atoms with van der Waals surface area (Å²) >= 11 is 0. The first-order chi connectivity index (χ1) is 15.0. The summed E-state index contributed by atoms with van der Waals surface area (Å²) < 4.78 is 1.78. The Labute approximate surface area is 182 Å². The van der Waals surface area contributed by atoms with Crippen molar-refractivity contribution in [1.29, 1.82) is 0 Å². The summed E-state index contributed by atoms with van der Waals surface area (Å²) in [6.45, 7) is 3.19. The van der Waals surface area contributed by atoms with Crippen molar-refractivity contribution >= 4 is 17.4 Å². The highest BCUT2D eigenvalue weighted by Gasteiger charge is 2.57. The summed E-state index contributed by atoms with van der Waals surface area (Å²) in [5, 5.41) is 10.3. The molecule has 1 aromatic rings. The lowest BCUT2D eigenvalue weighted by atomic mass is 9.88. The number of fused-ring (bicyclic) bond motifs is 3. The molecule has 0 aromatic carbocycles. The van der Waals surface area contributed by atoms with Gasteiger partial charge in [0.1, 0.15) is 6.04 Å². The average molecular weight is 426 g/mol. The zero-order valence-electron chi connectivity index (χ0n) is 18.1. The quantitative estimate of drug-likeness (QED) is 0.802. The van der Waals surface area contributed by atoms with Gasteiger partial charge in [-0.25, -0.2) is 0 Å². The molecule has 0 saturated carbocycles. The van der Waals surface area contributed by atoms with Gasteiger partial charge in [0.25, 0.3) is 5.56 Å². The summed E-state index contributed by atoms with van der Waals surface area (Å²) in [5.41, 5.74) is 2.63. The molecular weight excluding hydrogens is 394 g/mol. The maximum atomic E-state index is 13.5. The number of nitrogens with zero attached hydrogens (tertiary/aromatic N) is 3. The first-order valence-electron chi connectivity index (χ1n) is 11.6. The van der Waals surface area contributed by atoms with Crippen molar-refractivity contribution in [3.05, 3.63) is 39.8 Å². The van der Waals surface area contributed by atoms with Crippen LogP contribution in [0.25, 0.3) is 5.57 Å². The number of likely N-dealkylation sites (tertiary alicyclic amines) is 2. The lowest BCUT2D eigenvalue weighted by molar-refractivity contribution is -0.146. The van der Waals surface area contributed by atoms with Gasteiger partial charge in [0, 0.05) is 56.3 Å². The van der Waals surface area contributed by atoms with E-state index in [-0.39, 0.29) is 41.9 Å². The molecule has 3 aliphatic heterocycles. The minimum absolute atomic E-state index is 0.0147. The Bertz CT molecular complexity index is 991. The molecule has 166 valence electrons. The number of aliphatic hydroxyl groups is 1. The number of allylic oxidation sites excluding steroid dienone is 2. The molecule has 4 atom stereocenters. The van der Waals surface area contributed by atoms with Crippen LogP contribution in [-0.2, 0) is 16.1 Å². The van der Waals surface area contributed by atoms with Crippen LogP contribution < -0.4 is 5.56 Å². The molecule has 1 N–H and O–H groups in total. The number of rotatable bonds is 3. The number of pyridine rings is 1. The molecule has 0 unspecified atom stereocenters. The largest absolute Gasteiger partial charge is 0.396 e. The van der Waals surface area contributed by atoms with Crippen LogP contribution in [0.15, 0.2) is 23.0 Å². The topological polar surface area (TPSA) is 82.8 Å². The van der Waals surface area contributed by atoms with Crippen LogP contribution in [0.1, 0.15) is 62.7 Å². The van der Waals surface area contributed by atoms with E-state index in [0.29, 0.717) is 19.6 Å². The van der Waals surface area contributed by atoms with Gasteiger partial charge in [-0.2, -0.15) is 0 Å². The smallest absolute Gasteiger partial charge is 0.258 e. The van der Waals surface area contributed by atoms with Crippen LogP contribution in [-0.4, -0.2) is 57.0 Å². The molecule has 7 heteroatoms. The van der Waals surface area contributed by atoms with E-state index >= 15 is 0 Å². The Morgan fingerprint density at radius 1 is 1.13 bits per heavy atom. The Balaban J connectivity index is 1.54. The van der Waals surface area contributed by atoms with Gasteiger partial charge < -0.3 is 19.5 Å². The predicted octanol–water partition coefficient (Wildman–Crippen LogP) is 1.94. The molecule has 0 spiro atoms. The van der Waals surface area contributed by atoms with Crippen molar-refractivity contribution in [2.24, 2.45) is 11.8 Å². The highest BCUT2D eigenvalue weighted by atomic mass is 16.3. The summed E-state index contributed by atoms with van der Waals surface area (Å²) in [4.78, 5) is 43.1. The van der Waals surface area contributed by atoms with E-state index < -0.39 is 6.04 Å². The minimum atomic E-state index is -0.656. The Kier molecular flexibility index (Phi) is 5.24. The van der Waals surface area contributed by atoms with Crippen molar-refractivity contribution in [2.75, 3.05) is 19.7 Å². The van der Waals surface area contributed by atoms with E-state index in [1.54, 1.807) is 9.47 Å². The molecule has 5 rings (SSSR count). The summed E-state index contributed by atoms with van der Waals surface area (Å²) in [7, 11) is 0. The van der Waals surface area contributed by atoms with E-state index in [1.165, 1.54) is 6.92 Å². The van der Waals surface area contributed by atoms with Crippen LogP contribution in [0.2, 0.25) is 0 Å². The third kappa shape index (κ3) is 3.16. The van der Waals surface area contributed by atoms with E-state index in [1.807, 2.05) is 17.0 Å². The molecule has 7 nitrogen and oxygen atoms in total. The maximum Gasteiger partial charge on any atom is 0.258 e. The van der Waals surface area contributed by atoms with Crippen molar-refractivity contribution < 1.29 is 14.7 Å². The first kappa shape index (κ1) is 20.5. The maximum absolute atomic E-state index is 13.5. The molecular formula is C24H31N3O4. The molecule has 1 aliphatic carbocycles. The molecule has 2 saturated heterocycles. The normalized spacial score (nSPS) is 29.7.